The quantitative estimate of drug-likeness (QED) is 0.706. The average Bonchev–Trinajstić information content (AvgIpc) is 2.81. The summed E-state index contributed by atoms with van der Waals surface area (Å²) in [4.78, 5) is 8.66. The molecule has 3 nitrogen and oxygen atoms in total. The summed E-state index contributed by atoms with van der Waals surface area (Å²) in [5, 5.41) is 0. The molecule has 3 rings (SSSR count). The Morgan fingerprint density at radius 2 is 1.88 bits per heavy atom. The highest BCUT2D eigenvalue weighted by atomic mass is 32.2. The van der Waals surface area contributed by atoms with Gasteiger partial charge in [-0.15, -0.1) is 0 Å². The highest BCUT2D eigenvalue weighted by Gasteiger charge is 2.02. The molecule has 0 radical (unpaired) electrons. The van der Waals surface area contributed by atoms with Crippen molar-refractivity contribution in [3.05, 3.63) is 60.7 Å². The fourth-order valence-electron chi connectivity index (χ4n) is 1.66. The molecule has 0 saturated carbocycles. The molecule has 3 aromatic rings. The van der Waals surface area contributed by atoms with Crippen molar-refractivity contribution in [2.45, 2.75) is 5.75 Å². The second-order valence-electron chi connectivity index (χ2n) is 3.65. The minimum atomic E-state index is 0.848. The summed E-state index contributed by atoms with van der Waals surface area (Å²) in [6.07, 6.45) is 3.68. The van der Waals surface area contributed by atoms with Crippen LogP contribution in [0.1, 0.15) is 5.69 Å². The number of para-hydroxylation sites is 2. The van der Waals surface area contributed by atoms with Crippen molar-refractivity contribution in [1.82, 2.24) is 13.9 Å². The first-order valence-corrected chi connectivity index (χ1v) is 6.33. The molecule has 0 aliphatic rings. The van der Waals surface area contributed by atoms with Crippen LogP contribution in [-0.4, -0.2) is 13.9 Å². The van der Waals surface area contributed by atoms with Gasteiger partial charge in [-0.25, -0.2) is 4.98 Å². The minimum Gasteiger partial charge on any atom is -0.272 e. The van der Waals surface area contributed by atoms with Crippen LogP contribution in [0.2, 0.25) is 0 Å². The van der Waals surface area contributed by atoms with E-state index in [0.29, 0.717) is 0 Å². The van der Waals surface area contributed by atoms with Gasteiger partial charge in [-0.1, -0.05) is 18.2 Å². The molecular weight excluding hydrogens is 230 g/mol. The maximum atomic E-state index is 4.35. The molecule has 4 heteroatoms. The third kappa shape index (κ3) is 2.17. The number of aromatic nitrogens is 3. The van der Waals surface area contributed by atoms with Gasteiger partial charge in [0.2, 0.25) is 0 Å². The van der Waals surface area contributed by atoms with Crippen LogP contribution in [0.5, 0.6) is 0 Å². The van der Waals surface area contributed by atoms with Gasteiger partial charge in [-0.05, 0) is 36.2 Å². The van der Waals surface area contributed by atoms with Crippen molar-refractivity contribution in [1.29, 1.82) is 0 Å². The van der Waals surface area contributed by atoms with Crippen molar-refractivity contribution >= 4 is 23.0 Å². The Bertz CT molecular complexity index is 619. The first-order valence-electron chi connectivity index (χ1n) is 5.39. The third-order valence-electron chi connectivity index (χ3n) is 2.50. The molecule has 0 atom stereocenters. The standard InChI is InChI=1S/C13H11N3S/c1-2-7-13-12(6-1)15-10-16(13)17-9-11-5-3-4-8-14-11/h1-8,10H,9H2. The Hall–Kier alpha value is -1.81. The number of hydrogen-bond donors (Lipinski definition) is 0. The number of fused-ring (bicyclic) bond motifs is 1. The molecule has 0 aliphatic heterocycles. The SMILES string of the molecule is c1ccc(CSn2cnc3ccccc32)nc1. The van der Waals surface area contributed by atoms with E-state index < -0.39 is 0 Å². The summed E-state index contributed by atoms with van der Waals surface area (Å²) in [5.41, 5.74) is 3.25. The second-order valence-corrected chi connectivity index (χ2v) is 4.59. The van der Waals surface area contributed by atoms with E-state index >= 15 is 0 Å². The lowest BCUT2D eigenvalue weighted by Gasteiger charge is -2.02. The monoisotopic (exact) mass is 241 g/mol. The van der Waals surface area contributed by atoms with E-state index in [1.54, 1.807) is 11.9 Å². The van der Waals surface area contributed by atoms with Crippen molar-refractivity contribution in [2.75, 3.05) is 0 Å². The van der Waals surface area contributed by atoms with E-state index in [4.69, 9.17) is 0 Å². The normalized spacial score (nSPS) is 10.8. The van der Waals surface area contributed by atoms with E-state index in [9.17, 15) is 0 Å². The Balaban J connectivity index is 1.82. The number of imidazole rings is 1. The molecule has 0 unspecified atom stereocenters. The summed E-state index contributed by atoms with van der Waals surface area (Å²) in [7, 11) is 0. The summed E-state index contributed by atoms with van der Waals surface area (Å²) < 4.78 is 2.09. The van der Waals surface area contributed by atoms with Crippen LogP contribution < -0.4 is 0 Å². The third-order valence-corrected chi connectivity index (χ3v) is 3.49. The van der Waals surface area contributed by atoms with Gasteiger partial charge in [-0.3, -0.25) is 8.96 Å². The van der Waals surface area contributed by atoms with Crippen LogP contribution in [0.15, 0.2) is 55.0 Å². The molecule has 0 fully saturated rings. The maximum Gasteiger partial charge on any atom is 0.106 e. The first-order chi connectivity index (χ1) is 8.43. The fourth-order valence-corrected chi connectivity index (χ4v) is 2.51. The number of benzene rings is 1. The molecule has 0 saturated heterocycles. The molecule has 0 aliphatic carbocycles. The minimum absolute atomic E-state index is 0.848. The molecule has 2 aromatic heterocycles. The number of pyridine rings is 1. The molecule has 0 N–H and O–H groups in total. The molecule has 0 bridgehead atoms. The largest absolute Gasteiger partial charge is 0.272 e. The fraction of sp³-hybridized carbons (Fsp3) is 0.0769. The molecule has 0 amide bonds. The zero-order valence-electron chi connectivity index (χ0n) is 9.15. The van der Waals surface area contributed by atoms with Gasteiger partial charge >= 0.3 is 0 Å². The van der Waals surface area contributed by atoms with Gasteiger partial charge in [0.15, 0.2) is 0 Å². The van der Waals surface area contributed by atoms with Crippen LogP contribution >= 0.6 is 11.9 Å². The Morgan fingerprint density at radius 3 is 2.76 bits per heavy atom. The van der Waals surface area contributed by atoms with Crippen LogP contribution in [-0.2, 0) is 5.75 Å². The van der Waals surface area contributed by atoms with E-state index in [2.05, 4.69) is 20.0 Å². The smallest absolute Gasteiger partial charge is 0.106 e. The van der Waals surface area contributed by atoms with Crippen LogP contribution in [0.4, 0.5) is 0 Å². The average molecular weight is 241 g/mol. The number of rotatable bonds is 3. The zero-order chi connectivity index (χ0) is 11.5. The molecule has 2 heterocycles. The second kappa shape index (κ2) is 4.59. The molecule has 17 heavy (non-hydrogen) atoms. The highest BCUT2D eigenvalue weighted by molar-refractivity contribution is 7.97. The van der Waals surface area contributed by atoms with Gasteiger partial charge in [0.05, 0.1) is 22.5 Å². The van der Waals surface area contributed by atoms with E-state index in [-0.39, 0.29) is 0 Å². The van der Waals surface area contributed by atoms with Crippen molar-refractivity contribution in [3.63, 3.8) is 0 Å². The number of nitrogens with zero attached hydrogens (tertiary/aromatic N) is 3. The predicted octanol–water partition coefficient (Wildman–Crippen LogP) is 3.13. The van der Waals surface area contributed by atoms with E-state index in [0.717, 1.165) is 22.5 Å². The lowest BCUT2D eigenvalue weighted by Crippen LogP contribution is -1.89. The molecule has 84 valence electrons. The lowest BCUT2D eigenvalue weighted by molar-refractivity contribution is 1.16. The predicted molar refractivity (Wildman–Crippen MR) is 70.7 cm³/mol. The van der Waals surface area contributed by atoms with Crippen LogP contribution in [0.3, 0.4) is 0 Å². The molecule has 1 aromatic carbocycles. The Morgan fingerprint density at radius 1 is 1.00 bits per heavy atom. The Labute approximate surface area is 104 Å². The van der Waals surface area contributed by atoms with Gasteiger partial charge in [-0.2, -0.15) is 0 Å². The van der Waals surface area contributed by atoms with Crippen LogP contribution in [0, 0.1) is 0 Å². The maximum absolute atomic E-state index is 4.35. The summed E-state index contributed by atoms with van der Waals surface area (Å²) in [6.45, 7) is 0. The van der Waals surface area contributed by atoms with Crippen molar-refractivity contribution in [3.8, 4) is 0 Å². The van der Waals surface area contributed by atoms with Crippen molar-refractivity contribution < 1.29 is 0 Å². The number of hydrogen-bond acceptors (Lipinski definition) is 3. The zero-order valence-corrected chi connectivity index (χ0v) is 9.97. The summed E-state index contributed by atoms with van der Waals surface area (Å²) in [6, 6.07) is 14.1. The van der Waals surface area contributed by atoms with Gasteiger partial charge in [0.1, 0.15) is 6.33 Å². The van der Waals surface area contributed by atoms with Crippen molar-refractivity contribution in [2.24, 2.45) is 0 Å². The van der Waals surface area contributed by atoms with Gasteiger partial charge in [0.25, 0.3) is 0 Å². The summed E-state index contributed by atoms with van der Waals surface area (Å²) >= 11 is 1.70. The van der Waals surface area contributed by atoms with Gasteiger partial charge < -0.3 is 0 Å². The molecule has 0 spiro atoms. The van der Waals surface area contributed by atoms with E-state index in [1.807, 2.05) is 48.9 Å². The summed E-state index contributed by atoms with van der Waals surface area (Å²) in [5.74, 6) is 0.848. The lowest BCUT2D eigenvalue weighted by atomic mass is 10.3. The van der Waals surface area contributed by atoms with E-state index in [1.165, 1.54) is 0 Å². The Kier molecular flexibility index (Phi) is 2.80. The topological polar surface area (TPSA) is 30.7 Å². The highest BCUT2D eigenvalue weighted by Crippen LogP contribution is 2.20. The van der Waals surface area contributed by atoms with Gasteiger partial charge in [0, 0.05) is 6.20 Å². The van der Waals surface area contributed by atoms with Crippen LogP contribution in [0.25, 0.3) is 11.0 Å². The first kappa shape index (κ1) is 10.4. The molecular formula is C13H11N3S.